The summed E-state index contributed by atoms with van der Waals surface area (Å²) in [6.07, 6.45) is 0.842. The van der Waals surface area contributed by atoms with E-state index in [1.807, 2.05) is 30.5 Å². The van der Waals surface area contributed by atoms with Crippen molar-refractivity contribution in [2.45, 2.75) is 31.6 Å². The van der Waals surface area contributed by atoms with Gasteiger partial charge in [0.05, 0.1) is 0 Å². The lowest BCUT2D eigenvalue weighted by atomic mass is 9.66. The van der Waals surface area contributed by atoms with Gasteiger partial charge in [0, 0.05) is 17.3 Å². The first-order valence-corrected chi connectivity index (χ1v) is 8.49. The number of piperidine rings is 1. The minimum absolute atomic E-state index is 0.00444. The van der Waals surface area contributed by atoms with E-state index in [2.05, 4.69) is 24.4 Å². The summed E-state index contributed by atoms with van der Waals surface area (Å²) in [5.74, 6) is -0.719. The lowest BCUT2D eigenvalue weighted by Gasteiger charge is -2.42. The summed E-state index contributed by atoms with van der Waals surface area (Å²) in [4.78, 5) is 13.4. The highest BCUT2D eigenvalue weighted by Crippen LogP contribution is 2.47. The van der Waals surface area contributed by atoms with Gasteiger partial charge in [-0.1, -0.05) is 24.3 Å². The molecular weight excluding hydrogens is 294 g/mol. The largest absolute Gasteiger partial charge is 0.481 e. The molecule has 1 fully saturated rings. The van der Waals surface area contributed by atoms with E-state index in [1.54, 1.807) is 11.3 Å². The van der Waals surface area contributed by atoms with Crippen LogP contribution in [0.2, 0.25) is 0 Å². The number of hydrogen-bond donors (Lipinski definition) is 2. The average Bonchev–Trinajstić information content (AvgIpc) is 2.94. The Morgan fingerprint density at radius 3 is 2.68 bits per heavy atom. The van der Waals surface area contributed by atoms with Crippen LogP contribution in [0.5, 0.6) is 0 Å². The Labute approximate surface area is 135 Å². The highest BCUT2D eigenvalue weighted by Gasteiger charge is 2.51. The van der Waals surface area contributed by atoms with Gasteiger partial charge in [-0.2, -0.15) is 0 Å². The standard InChI is InChI=1S/C18H21NO2S/c1-12-5-3-4-6-14(12)15-7-9-19-11-18(15,17(20)21)16-13(2)8-10-22-16/h3-6,8,10,15,19H,7,9,11H2,1-2H3,(H,20,21)/t15?,18-/m1/s1. The number of carboxylic acid groups (broad SMARTS) is 1. The molecule has 0 saturated carbocycles. The predicted octanol–water partition coefficient (Wildman–Crippen LogP) is 3.46. The van der Waals surface area contributed by atoms with Crippen LogP contribution in [0.25, 0.3) is 0 Å². The molecule has 2 heterocycles. The van der Waals surface area contributed by atoms with Crippen molar-refractivity contribution >= 4 is 17.3 Å². The number of aliphatic carboxylic acids is 1. The van der Waals surface area contributed by atoms with E-state index in [0.29, 0.717) is 6.54 Å². The zero-order chi connectivity index (χ0) is 15.7. The molecule has 2 atom stereocenters. The number of thiophene rings is 1. The number of carbonyl (C=O) groups is 1. The van der Waals surface area contributed by atoms with Crippen molar-refractivity contribution in [1.82, 2.24) is 5.32 Å². The molecule has 116 valence electrons. The third kappa shape index (κ3) is 2.27. The van der Waals surface area contributed by atoms with E-state index in [1.165, 1.54) is 11.1 Å². The number of carboxylic acids is 1. The summed E-state index contributed by atoms with van der Waals surface area (Å²) in [6.45, 7) is 5.44. The number of aryl methyl sites for hydroxylation is 2. The van der Waals surface area contributed by atoms with Crippen molar-refractivity contribution < 1.29 is 9.90 Å². The van der Waals surface area contributed by atoms with Gasteiger partial charge in [-0.3, -0.25) is 4.79 Å². The van der Waals surface area contributed by atoms with Crippen molar-refractivity contribution in [3.8, 4) is 0 Å². The van der Waals surface area contributed by atoms with Crippen LogP contribution in [0.1, 0.15) is 33.9 Å². The Bertz CT molecular complexity index is 694. The summed E-state index contributed by atoms with van der Waals surface area (Å²) in [5, 5.41) is 15.5. The molecule has 2 N–H and O–H groups in total. The monoisotopic (exact) mass is 315 g/mol. The van der Waals surface area contributed by atoms with Gasteiger partial charge in [-0.25, -0.2) is 0 Å². The van der Waals surface area contributed by atoms with Gasteiger partial charge < -0.3 is 10.4 Å². The van der Waals surface area contributed by atoms with Crippen LogP contribution < -0.4 is 5.32 Å². The second kappa shape index (κ2) is 5.86. The molecule has 0 bridgehead atoms. The van der Waals surface area contributed by atoms with Crippen LogP contribution in [-0.4, -0.2) is 24.2 Å². The molecule has 0 radical (unpaired) electrons. The van der Waals surface area contributed by atoms with Gasteiger partial charge in [-0.15, -0.1) is 11.3 Å². The lowest BCUT2D eigenvalue weighted by molar-refractivity contribution is -0.145. The van der Waals surface area contributed by atoms with Crippen molar-refractivity contribution in [3.63, 3.8) is 0 Å². The van der Waals surface area contributed by atoms with Crippen LogP contribution in [0, 0.1) is 13.8 Å². The SMILES string of the molecule is Cc1ccccc1C1CCNC[C@]1(C(=O)O)c1sccc1C. The Balaban J connectivity index is 2.20. The van der Waals surface area contributed by atoms with Crippen molar-refractivity contribution in [2.24, 2.45) is 0 Å². The molecule has 0 aliphatic carbocycles. The highest BCUT2D eigenvalue weighted by molar-refractivity contribution is 7.10. The van der Waals surface area contributed by atoms with E-state index in [-0.39, 0.29) is 5.92 Å². The molecular formula is C18H21NO2S. The molecule has 3 rings (SSSR count). The molecule has 1 aromatic carbocycles. The van der Waals surface area contributed by atoms with Gasteiger partial charge in [0.1, 0.15) is 5.41 Å². The molecule has 1 aliphatic heterocycles. The summed E-state index contributed by atoms with van der Waals surface area (Å²) >= 11 is 1.57. The molecule has 3 nitrogen and oxygen atoms in total. The summed E-state index contributed by atoms with van der Waals surface area (Å²) in [5.41, 5.74) is 2.55. The second-order valence-electron chi connectivity index (χ2n) is 6.08. The van der Waals surface area contributed by atoms with Crippen molar-refractivity contribution in [1.29, 1.82) is 0 Å². The van der Waals surface area contributed by atoms with Crippen LogP contribution in [0.15, 0.2) is 35.7 Å². The number of benzene rings is 1. The zero-order valence-corrected chi connectivity index (χ0v) is 13.7. The normalized spacial score (nSPS) is 25.1. The summed E-state index contributed by atoms with van der Waals surface area (Å²) in [6, 6.07) is 10.2. The molecule has 2 aromatic rings. The lowest BCUT2D eigenvalue weighted by Crippen LogP contribution is -2.53. The topological polar surface area (TPSA) is 49.3 Å². The smallest absolute Gasteiger partial charge is 0.316 e. The van der Waals surface area contributed by atoms with Gasteiger partial charge in [0.25, 0.3) is 0 Å². The number of rotatable bonds is 3. The molecule has 1 aromatic heterocycles. The van der Waals surface area contributed by atoms with Crippen LogP contribution in [-0.2, 0) is 10.2 Å². The fraction of sp³-hybridized carbons (Fsp3) is 0.389. The Morgan fingerprint density at radius 2 is 2.05 bits per heavy atom. The first-order valence-electron chi connectivity index (χ1n) is 7.61. The zero-order valence-electron chi connectivity index (χ0n) is 12.9. The maximum atomic E-state index is 12.4. The molecule has 1 aliphatic rings. The third-order valence-electron chi connectivity index (χ3n) is 4.82. The fourth-order valence-corrected chi connectivity index (χ4v) is 4.86. The van der Waals surface area contributed by atoms with Gasteiger partial charge in [0.15, 0.2) is 0 Å². The maximum absolute atomic E-state index is 12.4. The molecule has 1 unspecified atom stereocenters. The third-order valence-corrected chi connectivity index (χ3v) is 6.02. The first-order chi connectivity index (χ1) is 10.6. The van der Waals surface area contributed by atoms with E-state index < -0.39 is 11.4 Å². The predicted molar refractivity (Wildman–Crippen MR) is 89.8 cm³/mol. The molecule has 1 saturated heterocycles. The minimum atomic E-state index is -0.872. The first kappa shape index (κ1) is 15.3. The van der Waals surface area contributed by atoms with Crippen LogP contribution in [0.4, 0.5) is 0 Å². The molecule has 4 heteroatoms. The number of hydrogen-bond acceptors (Lipinski definition) is 3. The quantitative estimate of drug-likeness (QED) is 0.912. The van der Waals surface area contributed by atoms with Crippen molar-refractivity contribution in [2.75, 3.05) is 13.1 Å². The summed E-state index contributed by atoms with van der Waals surface area (Å²) < 4.78 is 0. The molecule has 0 spiro atoms. The Hall–Kier alpha value is -1.65. The van der Waals surface area contributed by atoms with Crippen LogP contribution in [0.3, 0.4) is 0 Å². The van der Waals surface area contributed by atoms with Crippen LogP contribution >= 0.6 is 11.3 Å². The number of nitrogens with one attached hydrogen (secondary N) is 1. The van der Waals surface area contributed by atoms with E-state index in [4.69, 9.17) is 0 Å². The fourth-order valence-electron chi connectivity index (χ4n) is 3.69. The molecule has 0 amide bonds. The second-order valence-corrected chi connectivity index (χ2v) is 7.00. The van der Waals surface area contributed by atoms with E-state index >= 15 is 0 Å². The van der Waals surface area contributed by atoms with Gasteiger partial charge >= 0.3 is 5.97 Å². The van der Waals surface area contributed by atoms with Gasteiger partial charge in [-0.05, 0) is 54.9 Å². The molecule has 22 heavy (non-hydrogen) atoms. The Morgan fingerprint density at radius 1 is 1.27 bits per heavy atom. The minimum Gasteiger partial charge on any atom is -0.481 e. The Kier molecular flexibility index (Phi) is 4.06. The van der Waals surface area contributed by atoms with E-state index in [9.17, 15) is 9.90 Å². The maximum Gasteiger partial charge on any atom is 0.316 e. The summed E-state index contributed by atoms with van der Waals surface area (Å²) in [7, 11) is 0. The average molecular weight is 315 g/mol. The van der Waals surface area contributed by atoms with Crippen molar-refractivity contribution in [3.05, 3.63) is 57.3 Å². The van der Waals surface area contributed by atoms with E-state index in [0.717, 1.165) is 23.4 Å². The highest BCUT2D eigenvalue weighted by atomic mass is 32.1. The van der Waals surface area contributed by atoms with Gasteiger partial charge in [0.2, 0.25) is 0 Å².